The Morgan fingerprint density at radius 3 is 2.53 bits per heavy atom. The summed E-state index contributed by atoms with van der Waals surface area (Å²) in [6.07, 6.45) is 7.55. The number of hydrazine groups is 1. The Kier molecular flexibility index (Phi) is 9.58. The van der Waals surface area contributed by atoms with Crippen LogP contribution in [0.4, 0.5) is 0 Å². The third-order valence-electron chi connectivity index (χ3n) is 4.76. The molecule has 30 heavy (non-hydrogen) atoms. The summed E-state index contributed by atoms with van der Waals surface area (Å²) in [4.78, 5) is 6.27. The summed E-state index contributed by atoms with van der Waals surface area (Å²) in [6.45, 7) is 7.43. The Bertz CT molecular complexity index is 829. The summed E-state index contributed by atoms with van der Waals surface area (Å²) in [5.74, 6) is 7.11. The van der Waals surface area contributed by atoms with Gasteiger partial charge in [0.25, 0.3) is 5.88 Å². The van der Waals surface area contributed by atoms with Crippen molar-refractivity contribution in [3.8, 4) is 5.88 Å². The summed E-state index contributed by atoms with van der Waals surface area (Å²) < 4.78 is 6.70. The number of rotatable bonds is 9. The molecule has 0 saturated heterocycles. The molecule has 0 amide bonds. The number of likely N-dealkylation sites (N-methyl/N-ethyl adjacent to an activating group) is 1. The van der Waals surface area contributed by atoms with Crippen molar-refractivity contribution in [3.63, 3.8) is 0 Å². The van der Waals surface area contributed by atoms with Gasteiger partial charge in [0.15, 0.2) is 0 Å². The summed E-state index contributed by atoms with van der Waals surface area (Å²) in [5.41, 5.74) is 9.02. The lowest BCUT2D eigenvalue weighted by Crippen LogP contribution is -2.31. The Morgan fingerprint density at radius 2 is 1.97 bits per heavy atom. The minimum absolute atomic E-state index is 0.181. The van der Waals surface area contributed by atoms with Crippen LogP contribution in [-0.4, -0.2) is 38.6 Å². The summed E-state index contributed by atoms with van der Waals surface area (Å²) >= 11 is 3.49. The molecule has 0 aliphatic heterocycles. The lowest BCUT2D eigenvalue weighted by atomic mass is 10.2. The number of nitrogens with two attached hydrogens (primary N) is 2. The number of hydrogen-bond donors (Lipinski definition) is 2. The Hall–Kier alpha value is -2.13. The Balaban J connectivity index is 0.000000735. The number of halogens is 1. The third kappa shape index (κ3) is 7.28. The number of hydrogen-bond acceptors (Lipinski definition) is 7. The molecule has 4 N–H and O–H groups in total. The minimum Gasteiger partial charge on any atom is -0.469 e. The second-order valence-corrected chi connectivity index (χ2v) is 8.27. The van der Waals surface area contributed by atoms with Gasteiger partial charge in [-0.2, -0.15) is 9.90 Å². The zero-order valence-corrected chi connectivity index (χ0v) is 20.0. The fourth-order valence-corrected chi connectivity index (χ4v) is 3.01. The molecule has 1 saturated carbocycles. The van der Waals surface area contributed by atoms with E-state index in [1.165, 1.54) is 30.7 Å². The van der Waals surface area contributed by atoms with Gasteiger partial charge in [-0.05, 0) is 53.2 Å². The summed E-state index contributed by atoms with van der Waals surface area (Å²) in [6, 6.07) is 3.79. The molecule has 0 radical (unpaired) electrons. The molecule has 1 aliphatic carbocycles. The summed E-state index contributed by atoms with van der Waals surface area (Å²) in [7, 11) is 1.72. The molecule has 3 rings (SSSR count). The number of unbranched alkanes of at least 4 members (excludes halogenated alkanes) is 1. The van der Waals surface area contributed by atoms with Gasteiger partial charge in [-0.3, -0.25) is 4.98 Å². The fourth-order valence-electron chi connectivity index (χ4n) is 2.51. The average Bonchev–Trinajstić information content (AvgIpc) is 3.44. The van der Waals surface area contributed by atoms with Crippen LogP contribution in [0.15, 0.2) is 28.5 Å². The molecule has 0 aromatic carbocycles. The summed E-state index contributed by atoms with van der Waals surface area (Å²) in [5, 5.41) is 10.0. The van der Waals surface area contributed by atoms with Gasteiger partial charge in [-0.1, -0.05) is 33.6 Å². The number of aryl methyl sites for hydroxylation is 1. The SMILES string of the molecule is CCCC.CCc1nc(/C(N)=C(\COc2cnn(CC3CC3)n2)N(C)N)ccc1Br. The maximum absolute atomic E-state index is 6.32. The fraction of sp³-hybridized carbons (Fsp3) is 0.571. The molecule has 1 fully saturated rings. The van der Waals surface area contributed by atoms with Crippen LogP contribution in [0.1, 0.15) is 57.8 Å². The predicted octanol–water partition coefficient (Wildman–Crippen LogP) is 3.73. The Morgan fingerprint density at radius 1 is 1.27 bits per heavy atom. The molecule has 2 heterocycles. The normalized spacial score (nSPS) is 13.9. The van der Waals surface area contributed by atoms with Gasteiger partial charge in [-0.15, -0.1) is 5.10 Å². The van der Waals surface area contributed by atoms with Crippen molar-refractivity contribution in [1.29, 1.82) is 0 Å². The van der Waals surface area contributed by atoms with Crippen molar-refractivity contribution in [2.45, 2.75) is 59.4 Å². The van der Waals surface area contributed by atoms with Crippen molar-refractivity contribution in [2.75, 3.05) is 13.7 Å². The molecule has 0 atom stereocenters. The number of nitrogens with zero attached hydrogens (tertiary/aromatic N) is 5. The highest BCUT2D eigenvalue weighted by Crippen LogP contribution is 2.30. The van der Waals surface area contributed by atoms with E-state index >= 15 is 0 Å². The van der Waals surface area contributed by atoms with Crippen LogP contribution in [0, 0.1) is 5.92 Å². The smallest absolute Gasteiger partial charge is 0.253 e. The van der Waals surface area contributed by atoms with E-state index in [4.69, 9.17) is 16.3 Å². The van der Waals surface area contributed by atoms with Crippen LogP contribution in [0.25, 0.3) is 5.70 Å². The van der Waals surface area contributed by atoms with Crippen molar-refractivity contribution >= 4 is 21.6 Å². The molecule has 0 unspecified atom stereocenters. The van der Waals surface area contributed by atoms with Crippen LogP contribution in [0.5, 0.6) is 5.88 Å². The first-order valence-electron chi connectivity index (χ1n) is 10.5. The molecule has 9 heteroatoms. The Labute approximate surface area is 187 Å². The predicted molar refractivity (Wildman–Crippen MR) is 123 cm³/mol. The van der Waals surface area contributed by atoms with Gasteiger partial charge in [0.05, 0.1) is 29.3 Å². The van der Waals surface area contributed by atoms with Crippen LogP contribution in [-0.2, 0) is 13.0 Å². The first-order valence-corrected chi connectivity index (χ1v) is 11.3. The second-order valence-electron chi connectivity index (χ2n) is 7.42. The van der Waals surface area contributed by atoms with E-state index in [0.29, 0.717) is 28.9 Å². The van der Waals surface area contributed by atoms with E-state index in [9.17, 15) is 0 Å². The van der Waals surface area contributed by atoms with E-state index in [2.05, 4.69) is 45.0 Å². The molecule has 0 bridgehead atoms. The number of aromatic nitrogens is 4. The monoisotopic (exact) mass is 479 g/mol. The van der Waals surface area contributed by atoms with Crippen molar-refractivity contribution in [1.82, 2.24) is 25.0 Å². The topological polar surface area (TPSA) is 108 Å². The molecular formula is C21H34BrN7O. The van der Waals surface area contributed by atoms with Crippen LogP contribution in [0.3, 0.4) is 0 Å². The molecule has 8 nitrogen and oxygen atoms in total. The van der Waals surface area contributed by atoms with Crippen molar-refractivity contribution < 1.29 is 4.74 Å². The zero-order valence-electron chi connectivity index (χ0n) is 18.4. The van der Waals surface area contributed by atoms with Crippen molar-refractivity contribution in [3.05, 3.63) is 39.9 Å². The standard InChI is InChI=1S/C17H24BrN7O.C4H10/c1-3-13-12(18)6-7-14(22-13)17(19)15(24(2)20)10-26-16-8-21-25(23-16)9-11-4-5-11;1-3-4-2/h6-8,11H,3-5,9-10,19-20H2,1-2H3;3-4H2,1-2H3/b17-15-;. The average molecular weight is 480 g/mol. The molecule has 2 aromatic rings. The van der Waals surface area contributed by atoms with Crippen LogP contribution in [0.2, 0.25) is 0 Å². The van der Waals surface area contributed by atoms with Gasteiger partial charge in [0.2, 0.25) is 0 Å². The lowest BCUT2D eigenvalue weighted by molar-refractivity contribution is 0.283. The van der Waals surface area contributed by atoms with Crippen LogP contribution < -0.4 is 16.3 Å². The van der Waals surface area contributed by atoms with Gasteiger partial charge in [0.1, 0.15) is 12.8 Å². The van der Waals surface area contributed by atoms with E-state index < -0.39 is 0 Å². The second kappa shape index (κ2) is 11.9. The zero-order chi connectivity index (χ0) is 22.1. The molecule has 1 aliphatic rings. The number of pyridine rings is 1. The quantitative estimate of drug-likeness (QED) is 0.416. The third-order valence-corrected chi connectivity index (χ3v) is 5.48. The maximum Gasteiger partial charge on any atom is 0.253 e. The highest BCUT2D eigenvalue weighted by Gasteiger charge is 2.23. The minimum atomic E-state index is 0.181. The molecule has 0 spiro atoms. The molecule has 2 aromatic heterocycles. The van der Waals surface area contributed by atoms with Gasteiger partial charge < -0.3 is 15.5 Å². The lowest BCUT2D eigenvalue weighted by Gasteiger charge is -2.19. The first kappa shape index (κ1) is 24.1. The van der Waals surface area contributed by atoms with E-state index in [1.54, 1.807) is 18.0 Å². The van der Waals surface area contributed by atoms with E-state index in [0.717, 1.165) is 23.1 Å². The number of ether oxygens (including phenoxy) is 1. The van der Waals surface area contributed by atoms with E-state index in [1.807, 2.05) is 19.1 Å². The highest BCUT2D eigenvalue weighted by atomic mass is 79.9. The highest BCUT2D eigenvalue weighted by molar-refractivity contribution is 9.10. The van der Waals surface area contributed by atoms with Gasteiger partial charge in [-0.25, -0.2) is 5.84 Å². The van der Waals surface area contributed by atoms with E-state index in [-0.39, 0.29) is 6.61 Å². The van der Waals surface area contributed by atoms with Crippen LogP contribution >= 0.6 is 15.9 Å². The molecular weight excluding hydrogens is 446 g/mol. The van der Waals surface area contributed by atoms with Crippen molar-refractivity contribution in [2.24, 2.45) is 17.5 Å². The maximum atomic E-state index is 6.32. The molecule has 166 valence electrons. The first-order chi connectivity index (χ1) is 14.4. The van der Waals surface area contributed by atoms with Gasteiger partial charge >= 0.3 is 0 Å². The van der Waals surface area contributed by atoms with Gasteiger partial charge in [0, 0.05) is 11.5 Å². The largest absolute Gasteiger partial charge is 0.469 e.